The molecule has 1 atom stereocenters. The summed E-state index contributed by atoms with van der Waals surface area (Å²) in [6, 6.07) is 0. The number of hydrogen-bond acceptors (Lipinski definition) is 6. The van der Waals surface area contributed by atoms with Crippen LogP contribution in [0, 0.1) is 5.92 Å². The van der Waals surface area contributed by atoms with Crippen molar-refractivity contribution >= 4 is 44.7 Å². The molecule has 0 aliphatic heterocycles. The maximum absolute atomic E-state index is 4.59. The van der Waals surface area contributed by atoms with E-state index in [0.29, 0.717) is 0 Å². The topological polar surface area (TPSA) is 60.4 Å². The van der Waals surface area contributed by atoms with Gasteiger partial charge in [-0.1, -0.05) is 51.3 Å². The van der Waals surface area contributed by atoms with Crippen molar-refractivity contribution in [2.45, 2.75) is 70.4 Å². The molecule has 0 radical (unpaired) electrons. The minimum atomic E-state index is 0.724. The third-order valence-corrected chi connectivity index (χ3v) is 8.04. The summed E-state index contributed by atoms with van der Waals surface area (Å²) in [5, 5.41) is 15.7. The summed E-state index contributed by atoms with van der Waals surface area (Å²) in [4.78, 5) is 7.34. The first-order valence-corrected chi connectivity index (χ1v) is 12.2. The van der Waals surface area contributed by atoms with Crippen molar-refractivity contribution < 1.29 is 0 Å². The fourth-order valence-corrected chi connectivity index (χ4v) is 6.56. The second-order valence-corrected chi connectivity index (χ2v) is 10.1. The van der Waals surface area contributed by atoms with E-state index in [9.17, 15) is 0 Å². The van der Waals surface area contributed by atoms with Crippen LogP contribution >= 0.6 is 23.1 Å². The van der Waals surface area contributed by atoms with Crippen LogP contribution in [-0.2, 0) is 12.8 Å². The normalized spacial score (nSPS) is 17.1. The predicted molar refractivity (Wildman–Crippen MR) is 116 cm³/mol. The number of fused-ring (bicyclic) bond motifs is 8. The molecule has 148 valence electrons. The highest BCUT2D eigenvalue weighted by Crippen LogP contribution is 2.40. The molecule has 0 saturated heterocycles. The van der Waals surface area contributed by atoms with Crippen molar-refractivity contribution in [1.29, 1.82) is 0 Å². The molecule has 4 aromatic heterocycles. The molecule has 0 aromatic carbocycles. The molecule has 4 aromatic rings. The number of nitrogens with zero attached hydrogens (tertiary/aromatic N) is 6. The number of aryl methyl sites for hydroxylation is 1. The van der Waals surface area contributed by atoms with E-state index in [1.807, 2.05) is 27.6 Å². The molecule has 0 fully saturated rings. The van der Waals surface area contributed by atoms with Crippen LogP contribution in [0.3, 0.4) is 0 Å². The SMILES string of the molecule is CCCCCCCSc1nnc2n3ncnc3c3c4c(sc3n12)CCC(C)C4. The van der Waals surface area contributed by atoms with Crippen LogP contribution in [0.5, 0.6) is 0 Å². The maximum Gasteiger partial charge on any atom is 0.260 e. The molecule has 1 aliphatic rings. The Kier molecular flexibility index (Phi) is 5.00. The van der Waals surface area contributed by atoms with E-state index in [1.54, 1.807) is 6.33 Å². The van der Waals surface area contributed by atoms with E-state index in [4.69, 9.17) is 0 Å². The van der Waals surface area contributed by atoms with Crippen LogP contribution in [-0.4, -0.2) is 34.9 Å². The Hall–Kier alpha value is -1.67. The van der Waals surface area contributed by atoms with Crippen molar-refractivity contribution in [2.75, 3.05) is 5.75 Å². The molecule has 4 heterocycles. The van der Waals surface area contributed by atoms with Gasteiger partial charge in [0.2, 0.25) is 0 Å². The summed E-state index contributed by atoms with van der Waals surface area (Å²) in [7, 11) is 0. The second-order valence-electron chi connectivity index (χ2n) is 7.91. The lowest BCUT2D eigenvalue weighted by molar-refractivity contribution is 0.508. The second kappa shape index (κ2) is 7.63. The molecule has 8 heteroatoms. The van der Waals surface area contributed by atoms with Gasteiger partial charge < -0.3 is 0 Å². The molecule has 5 rings (SSSR count). The monoisotopic (exact) mass is 414 g/mol. The first-order valence-electron chi connectivity index (χ1n) is 10.4. The number of unbranched alkanes of at least 4 members (excludes halogenated alkanes) is 4. The summed E-state index contributed by atoms with van der Waals surface area (Å²) in [6.45, 7) is 4.61. The number of aromatic nitrogens is 6. The zero-order chi connectivity index (χ0) is 19.1. The smallest absolute Gasteiger partial charge is 0.244 e. The van der Waals surface area contributed by atoms with Crippen LogP contribution in [0.1, 0.15) is 62.8 Å². The molecule has 0 N–H and O–H groups in total. The first-order chi connectivity index (χ1) is 13.8. The van der Waals surface area contributed by atoms with Crippen molar-refractivity contribution in [3.8, 4) is 0 Å². The van der Waals surface area contributed by atoms with Gasteiger partial charge in [-0.05, 0) is 37.2 Å². The van der Waals surface area contributed by atoms with Gasteiger partial charge in [0.15, 0.2) is 10.8 Å². The van der Waals surface area contributed by atoms with Crippen LogP contribution in [0.15, 0.2) is 11.5 Å². The Labute approximate surface area is 172 Å². The van der Waals surface area contributed by atoms with E-state index in [1.165, 1.54) is 65.6 Å². The summed E-state index contributed by atoms with van der Waals surface area (Å²) in [5.41, 5.74) is 2.40. The minimum Gasteiger partial charge on any atom is -0.244 e. The van der Waals surface area contributed by atoms with Crippen LogP contribution < -0.4 is 0 Å². The molecule has 1 aliphatic carbocycles. The van der Waals surface area contributed by atoms with Gasteiger partial charge in [-0.2, -0.15) is 9.61 Å². The summed E-state index contributed by atoms with van der Waals surface area (Å²) >= 11 is 3.73. The number of thiophene rings is 1. The Bertz CT molecular complexity index is 1120. The van der Waals surface area contributed by atoms with Crippen molar-refractivity contribution in [1.82, 2.24) is 29.2 Å². The average molecular weight is 415 g/mol. The molecule has 28 heavy (non-hydrogen) atoms. The quantitative estimate of drug-likeness (QED) is 0.308. The van der Waals surface area contributed by atoms with Gasteiger partial charge in [-0.3, -0.25) is 0 Å². The molecular weight excluding hydrogens is 388 g/mol. The number of hydrogen-bond donors (Lipinski definition) is 0. The lowest BCUT2D eigenvalue weighted by Gasteiger charge is -2.17. The molecule has 1 unspecified atom stereocenters. The highest BCUT2D eigenvalue weighted by molar-refractivity contribution is 7.99. The Morgan fingerprint density at radius 2 is 2.11 bits per heavy atom. The summed E-state index contributed by atoms with van der Waals surface area (Å²) in [5.74, 6) is 2.59. The van der Waals surface area contributed by atoms with Crippen LogP contribution in [0.4, 0.5) is 0 Å². The highest BCUT2D eigenvalue weighted by Gasteiger charge is 2.26. The lowest BCUT2D eigenvalue weighted by atomic mass is 9.89. The number of thioether (sulfide) groups is 1. The van der Waals surface area contributed by atoms with Gasteiger partial charge in [-0.15, -0.1) is 21.5 Å². The van der Waals surface area contributed by atoms with Gasteiger partial charge in [-0.25, -0.2) is 9.38 Å². The van der Waals surface area contributed by atoms with Crippen molar-refractivity contribution in [3.63, 3.8) is 0 Å². The minimum absolute atomic E-state index is 0.724. The zero-order valence-electron chi connectivity index (χ0n) is 16.5. The Balaban J connectivity index is 1.57. The third kappa shape index (κ3) is 3.01. The van der Waals surface area contributed by atoms with Gasteiger partial charge in [0.05, 0.1) is 5.39 Å². The van der Waals surface area contributed by atoms with Gasteiger partial charge in [0.25, 0.3) is 5.78 Å². The Morgan fingerprint density at radius 3 is 3.00 bits per heavy atom. The Morgan fingerprint density at radius 1 is 1.21 bits per heavy atom. The van der Waals surface area contributed by atoms with Crippen molar-refractivity contribution in [3.05, 3.63) is 16.8 Å². The zero-order valence-corrected chi connectivity index (χ0v) is 18.2. The van der Waals surface area contributed by atoms with E-state index in [2.05, 4.69) is 38.5 Å². The van der Waals surface area contributed by atoms with Crippen LogP contribution in [0.25, 0.3) is 21.6 Å². The van der Waals surface area contributed by atoms with E-state index in [0.717, 1.165) is 34.7 Å². The summed E-state index contributed by atoms with van der Waals surface area (Å²) < 4.78 is 4.09. The molecular formula is C20H26N6S2. The molecule has 0 bridgehead atoms. The largest absolute Gasteiger partial charge is 0.260 e. The summed E-state index contributed by atoms with van der Waals surface area (Å²) in [6.07, 6.45) is 11.7. The van der Waals surface area contributed by atoms with Crippen molar-refractivity contribution in [2.24, 2.45) is 5.92 Å². The van der Waals surface area contributed by atoms with E-state index >= 15 is 0 Å². The van der Waals surface area contributed by atoms with Gasteiger partial charge in [0.1, 0.15) is 11.2 Å². The fraction of sp³-hybridized carbons (Fsp3) is 0.600. The predicted octanol–water partition coefficient (Wildman–Crippen LogP) is 5.17. The lowest BCUT2D eigenvalue weighted by Crippen LogP contribution is -2.09. The molecule has 0 saturated carbocycles. The van der Waals surface area contributed by atoms with E-state index < -0.39 is 0 Å². The molecule has 0 spiro atoms. The van der Waals surface area contributed by atoms with Gasteiger partial charge in [0, 0.05) is 10.6 Å². The fourth-order valence-electron chi connectivity index (χ4n) is 4.23. The van der Waals surface area contributed by atoms with Crippen LogP contribution in [0.2, 0.25) is 0 Å². The first kappa shape index (κ1) is 18.4. The molecule has 6 nitrogen and oxygen atoms in total. The highest BCUT2D eigenvalue weighted by atomic mass is 32.2. The molecule has 0 amide bonds. The maximum atomic E-state index is 4.59. The standard InChI is InChI=1S/C20H26N6S2/c1-3-4-5-6-7-10-27-20-24-23-19-25(20)18-16(17-21-12-22-26(17)19)14-11-13(2)8-9-15(14)28-18/h12-13H,3-11H2,1-2H3. The van der Waals surface area contributed by atoms with E-state index in [-0.39, 0.29) is 0 Å². The van der Waals surface area contributed by atoms with Gasteiger partial charge >= 0.3 is 0 Å². The average Bonchev–Trinajstić information content (AvgIpc) is 3.40. The number of rotatable bonds is 7. The third-order valence-electron chi connectivity index (χ3n) is 5.75.